The normalized spacial score (nSPS) is 16.1. The summed E-state index contributed by atoms with van der Waals surface area (Å²) in [6, 6.07) is 6.55. The Kier molecular flexibility index (Phi) is 6.09. The molecule has 1 aromatic heterocycles. The van der Waals surface area contributed by atoms with Crippen LogP contribution in [0, 0.1) is 0 Å². The van der Waals surface area contributed by atoms with E-state index in [2.05, 4.69) is 10.1 Å². The molecule has 2 heterocycles. The highest BCUT2D eigenvalue weighted by atomic mass is 32.2. The molecule has 1 saturated heterocycles. The highest BCUT2D eigenvalue weighted by molar-refractivity contribution is 7.94. The fraction of sp³-hybridized carbons (Fsp3) is 0.550. The third-order valence-corrected chi connectivity index (χ3v) is 8.45. The van der Waals surface area contributed by atoms with E-state index in [1.54, 1.807) is 28.9 Å². The van der Waals surface area contributed by atoms with Gasteiger partial charge in [-0.1, -0.05) is 0 Å². The molecule has 0 amide bonds. The molecule has 9 heteroatoms. The van der Waals surface area contributed by atoms with E-state index in [-0.39, 0.29) is 18.0 Å². The number of phenolic OH excluding ortho intramolecular Hbond substituents is 1. The fourth-order valence-corrected chi connectivity index (χ4v) is 5.46. The van der Waals surface area contributed by atoms with Crippen molar-refractivity contribution in [3.05, 3.63) is 30.1 Å². The molecule has 29 heavy (non-hydrogen) atoms. The maximum Gasteiger partial charge on any atom is 0.165 e. The molecule has 2 aromatic rings. The first-order valence-corrected chi connectivity index (χ1v) is 11.3. The molecule has 1 aliphatic heterocycles. The number of phenols is 1. The van der Waals surface area contributed by atoms with Gasteiger partial charge in [-0.3, -0.25) is 4.79 Å². The second kappa shape index (κ2) is 8.23. The van der Waals surface area contributed by atoms with E-state index in [9.17, 15) is 18.3 Å². The van der Waals surface area contributed by atoms with Crippen molar-refractivity contribution in [2.45, 2.75) is 56.6 Å². The zero-order valence-electron chi connectivity index (χ0n) is 17.0. The number of Topliss-reactive ketones (excluding diaryl/α,β-unsaturated/α-hetero) is 1. The van der Waals surface area contributed by atoms with Gasteiger partial charge in [-0.25, -0.2) is 18.1 Å². The van der Waals surface area contributed by atoms with Crippen LogP contribution < -0.4 is 0 Å². The first-order valence-electron chi connectivity index (χ1n) is 9.74. The number of aryl methyl sites for hydroxylation is 1. The number of carbonyl (C=O) groups is 1. The fourth-order valence-electron chi connectivity index (χ4n) is 3.43. The first-order chi connectivity index (χ1) is 13.7. The van der Waals surface area contributed by atoms with Gasteiger partial charge in [0, 0.05) is 25.3 Å². The number of carbonyl (C=O) groups excluding carboxylic acids is 1. The Morgan fingerprint density at radius 1 is 1.24 bits per heavy atom. The Labute approximate surface area is 170 Å². The van der Waals surface area contributed by atoms with Crippen LogP contribution in [-0.2, 0) is 32.3 Å². The topological polar surface area (TPSA) is 111 Å². The summed E-state index contributed by atoms with van der Waals surface area (Å²) in [5, 5.41) is 13.3. The summed E-state index contributed by atoms with van der Waals surface area (Å²) in [4.78, 5) is 17.4. The third-order valence-electron chi connectivity index (χ3n) is 5.45. The summed E-state index contributed by atoms with van der Waals surface area (Å²) in [6.45, 7) is 6.18. The van der Waals surface area contributed by atoms with Crippen LogP contribution in [-0.4, -0.2) is 57.3 Å². The monoisotopic (exact) mass is 421 g/mol. The van der Waals surface area contributed by atoms with Crippen LogP contribution >= 0.6 is 0 Å². The molecule has 0 saturated carbocycles. The van der Waals surface area contributed by atoms with E-state index in [4.69, 9.17) is 4.74 Å². The lowest BCUT2D eigenvalue weighted by Crippen LogP contribution is -2.48. The number of sulfone groups is 1. The summed E-state index contributed by atoms with van der Waals surface area (Å²) in [5.41, 5.74) is 0.755. The molecule has 3 rings (SSSR count). The van der Waals surface area contributed by atoms with E-state index < -0.39 is 25.6 Å². The van der Waals surface area contributed by atoms with Crippen LogP contribution in [0.25, 0.3) is 11.4 Å². The number of ether oxygens (including phenoxy) is 1. The molecule has 1 aromatic carbocycles. The molecule has 1 fully saturated rings. The number of aromatic nitrogens is 3. The summed E-state index contributed by atoms with van der Waals surface area (Å²) < 4.78 is 31.5. The van der Waals surface area contributed by atoms with Crippen molar-refractivity contribution < 1.29 is 23.1 Å². The number of hydrogen-bond donors (Lipinski definition) is 1. The molecule has 158 valence electrons. The third kappa shape index (κ3) is 4.20. The smallest absolute Gasteiger partial charge is 0.165 e. The SMILES string of the molecule is CCn1nc(CC(=O)C(C)(C)S(=O)(=O)C2CCOCC2)nc1-c1ccc(O)cc1. The molecular formula is C20H27N3O5S. The highest BCUT2D eigenvalue weighted by Crippen LogP contribution is 2.29. The molecule has 0 bridgehead atoms. The van der Waals surface area contributed by atoms with Crippen LogP contribution in [0.4, 0.5) is 0 Å². The molecule has 0 radical (unpaired) electrons. The number of aromatic hydroxyl groups is 1. The van der Waals surface area contributed by atoms with Crippen LogP contribution in [0.2, 0.25) is 0 Å². The largest absolute Gasteiger partial charge is 0.508 e. The first kappa shape index (κ1) is 21.4. The average molecular weight is 422 g/mol. The highest BCUT2D eigenvalue weighted by Gasteiger charge is 2.46. The zero-order chi connectivity index (χ0) is 21.2. The molecule has 1 aliphatic rings. The predicted octanol–water partition coefficient (Wildman–Crippen LogP) is 2.15. The van der Waals surface area contributed by atoms with Crippen LogP contribution in [0.15, 0.2) is 24.3 Å². The second-order valence-electron chi connectivity index (χ2n) is 7.68. The van der Waals surface area contributed by atoms with Crippen LogP contribution in [0.1, 0.15) is 39.4 Å². The van der Waals surface area contributed by atoms with Gasteiger partial charge in [-0.15, -0.1) is 0 Å². The van der Waals surface area contributed by atoms with Crippen molar-refractivity contribution >= 4 is 15.6 Å². The maximum atomic E-state index is 13.1. The molecular weight excluding hydrogens is 394 g/mol. The van der Waals surface area contributed by atoms with Gasteiger partial charge in [-0.2, -0.15) is 5.10 Å². The van der Waals surface area contributed by atoms with Gasteiger partial charge < -0.3 is 9.84 Å². The van der Waals surface area contributed by atoms with Crippen LogP contribution in [0.3, 0.4) is 0 Å². The number of ketones is 1. The molecule has 0 aliphatic carbocycles. The quantitative estimate of drug-likeness (QED) is 0.729. The average Bonchev–Trinajstić information content (AvgIpc) is 3.11. The number of hydrogen-bond acceptors (Lipinski definition) is 7. The van der Waals surface area contributed by atoms with Crippen molar-refractivity contribution in [1.29, 1.82) is 0 Å². The van der Waals surface area contributed by atoms with E-state index in [0.717, 1.165) is 5.56 Å². The second-order valence-corrected chi connectivity index (χ2v) is 10.5. The molecule has 0 atom stereocenters. The number of benzene rings is 1. The molecule has 0 spiro atoms. The van der Waals surface area contributed by atoms with Crippen molar-refractivity contribution in [2.75, 3.05) is 13.2 Å². The van der Waals surface area contributed by atoms with Gasteiger partial charge in [0.1, 0.15) is 10.5 Å². The minimum absolute atomic E-state index is 0.145. The number of nitrogens with zero attached hydrogens (tertiary/aromatic N) is 3. The van der Waals surface area contributed by atoms with Gasteiger partial charge in [0.15, 0.2) is 27.3 Å². The maximum absolute atomic E-state index is 13.1. The number of rotatable bonds is 7. The van der Waals surface area contributed by atoms with E-state index in [1.807, 2.05) is 6.92 Å². The molecule has 0 unspecified atom stereocenters. The summed E-state index contributed by atoms with van der Waals surface area (Å²) >= 11 is 0. The van der Waals surface area contributed by atoms with Crippen molar-refractivity contribution in [2.24, 2.45) is 0 Å². The van der Waals surface area contributed by atoms with Gasteiger partial charge >= 0.3 is 0 Å². The minimum atomic E-state index is -3.67. The van der Waals surface area contributed by atoms with Crippen molar-refractivity contribution in [3.8, 4) is 17.1 Å². The minimum Gasteiger partial charge on any atom is -0.508 e. The predicted molar refractivity (Wildman–Crippen MR) is 108 cm³/mol. The van der Waals surface area contributed by atoms with E-state index >= 15 is 0 Å². The van der Waals surface area contributed by atoms with Crippen molar-refractivity contribution in [1.82, 2.24) is 14.8 Å². The Morgan fingerprint density at radius 2 is 1.86 bits per heavy atom. The molecule has 8 nitrogen and oxygen atoms in total. The molecule has 1 N–H and O–H groups in total. The summed E-state index contributed by atoms with van der Waals surface area (Å²) in [6.07, 6.45) is 0.660. The Morgan fingerprint density at radius 3 is 2.45 bits per heavy atom. The summed E-state index contributed by atoms with van der Waals surface area (Å²) in [7, 11) is -3.67. The lowest BCUT2D eigenvalue weighted by Gasteiger charge is -2.30. The Bertz CT molecular complexity index is 974. The van der Waals surface area contributed by atoms with Crippen LogP contribution in [0.5, 0.6) is 5.75 Å². The van der Waals surface area contributed by atoms with Crippen molar-refractivity contribution in [3.63, 3.8) is 0 Å². The van der Waals surface area contributed by atoms with E-state index in [0.29, 0.717) is 38.4 Å². The Balaban J connectivity index is 1.83. The van der Waals surface area contributed by atoms with Gasteiger partial charge in [-0.05, 0) is 57.9 Å². The lowest BCUT2D eigenvalue weighted by molar-refractivity contribution is -0.120. The Hall–Kier alpha value is -2.26. The van der Waals surface area contributed by atoms with Gasteiger partial charge in [0.2, 0.25) is 0 Å². The van der Waals surface area contributed by atoms with E-state index in [1.165, 1.54) is 13.8 Å². The van der Waals surface area contributed by atoms with Gasteiger partial charge in [0.25, 0.3) is 0 Å². The lowest BCUT2D eigenvalue weighted by atomic mass is 10.1. The zero-order valence-corrected chi connectivity index (χ0v) is 17.8. The van der Waals surface area contributed by atoms with Gasteiger partial charge in [0.05, 0.1) is 11.7 Å². The standard InChI is InChI=1S/C20H27N3O5S/c1-4-23-19(14-5-7-15(24)8-6-14)21-18(22-23)13-17(25)20(2,3)29(26,27)16-9-11-28-12-10-16/h5-8,16,24H,4,9-13H2,1-3H3. The summed E-state index contributed by atoms with van der Waals surface area (Å²) in [5.74, 6) is 0.580.